The lowest BCUT2D eigenvalue weighted by Gasteiger charge is -2.09. The summed E-state index contributed by atoms with van der Waals surface area (Å²) in [5.41, 5.74) is 5.05. The summed E-state index contributed by atoms with van der Waals surface area (Å²) in [6.07, 6.45) is 1.21. The lowest BCUT2D eigenvalue weighted by molar-refractivity contribution is -0.385. The Morgan fingerprint density at radius 1 is 0.607 bits per heavy atom. The van der Waals surface area contributed by atoms with E-state index in [9.17, 15) is 42.2 Å². The highest BCUT2D eigenvalue weighted by Gasteiger charge is 2.31. The number of nitro groups is 2. The Bertz CT molecular complexity index is 2830. The predicted molar refractivity (Wildman–Crippen MR) is 214 cm³/mol. The summed E-state index contributed by atoms with van der Waals surface area (Å²) in [6.45, 7) is 0.514. The number of aromatic nitrogens is 8. The third-order valence-corrected chi connectivity index (χ3v) is 10.8. The molecule has 8 rings (SSSR count). The van der Waals surface area contributed by atoms with Gasteiger partial charge in [-0.2, -0.15) is 0 Å². The van der Waals surface area contributed by atoms with Crippen molar-refractivity contribution in [1.82, 2.24) is 39.0 Å². The summed E-state index contributed by atoms with van der Waals surface area (Å²) in [6, 6.07) is 22.2. The lowest BCUT2D eigenvalue weighted by atomic mass is 10.2. The molecule has 0 radical (unpaired) electrons. The Labute approximate surface area is 349 Å². The predicted octanol–water partition coefficient (Wildman–Crippen LogP) is 9.33. The highest BCUT2D eigenvalue weighted by molar-refractivity contribution is 7.98. The van der Waals surface area contributed by atoms with Gasteiger partial charge in [-0.05, 0) is 34.9 Å². The Morgan fingerprint density at radius 3 is 1.57 bits per heavy atom. The maximum atomic E-state index is 14.0. The summed E-state index contributed by atoms with van der Waals surface area (Å²) < 4.78 is 71.6. The number of nitro benzene ring substituents is 2. The third kappa shape index (κ3) is 10.6. The number of halogens is 5. The zero-order chi connectivity index (χ0) is 43.1. The van der Waals surface area contributed by atoms with Crippen LogP contribution in [0.25, 0.3) is 22.3 Å². The van der Waals surface area contributed by atoms with Crippen LogP contribution >= 0.6 is 23.5 Å². The molecule has 0 atom stereocenters. The first-order valence-corrected chi connectivity index (χ1v) is 19.6. The molecular weight excluding hydrogens is 848 g/mol. The Hall–Kier alpha value is -7.07. The SMILES string of the molecule is O=[N+]([O-])c1ccc(CSc2ncnc3c2ncn3Cc2cccc(F)c2F)cc1.O=[N+]([O-])c1ccc(Cn2cnc3c(SCc4ccc(OC(F)(F)F)cc4)ncnc32)cc1. The van der Waals surface area contributed by atoms with Gasteiger partial charge in [0.15, 0.2) is 22.9 Å². The Balaban J connectivity index is 0.000000185. The first-order chi connectivity index (χ1) is 29.3. The van der Waals surface area contributed by atoms with Crippen molar-refractivity contribution in [2.75, 3.05) is 0 Å². The van der Waals surface area contributed by atoms with E-state index in [1.807, 2.05) is 4.57 Å². The molecule has 0 amide bonds. The van der Waals surface area contributed by atoms with Crippen LogP contribution in [0, 0.1) is 31.9 Å². The first-order valence-electron chi connectivity index (χ1n) is 17.6. The van der Waals surface area contributed by atoms with E-state index in [-0.39, 0.29) is 29.2 Å². The van der Waals surface area contributed by atoms with E-state index in [1.54, 1.807) is 47.3 Å². The van der Waals surface area contributed by atoms with Crippen LogP contribution in [-0.2, 0) is 24.6 Å². The van der Waals surface area contributed by atoms with Gasteiger partial charge in [-0.3, -0.25) is 20.2 Å². The van der Waals surface area contributed by atoms with Crippen molar-refractivity contribution >= 4 is 57.2 Å². The molecule has 4 aromatic carbocycles. The number of non-ortho nitro benzene ring substituents is 2. The molecule has 61 heavy (non-hydrogen) atoms. The van der Waals surface area contributed by atoms with Crippen LogP contribution in [0.3, 0.4) is 0 Å². The highest BCUT2D eigenvalue weighted by atomic mass is 32.2. The number of hydrogen-bond acceptors (Lipinski definition) is 13. The second-order valence-electron chi connectivity index (χ2n) is 12.8. The number of nitrogens with zero attached hydrogens (tertiary/aromatic N) is 10. The minimum Gasteiger partial charge on any atom is -0.406 e. The van der Waals surface area contributed by atoms with E-state index in [4.69, 9.17) is 0 Å². The number of hydrogen-bond donors (Lipinski definition) is 0. The van der Waals surface area contributed by atoms with Crippen molar-refractivity contribution in [3.8, 4) is 5.75 Å². The summed E-state index contributed by atoms with van der Waals surface area (Å²) in [5, 5.41) is 22.8. The summed E-state index contributed by atoms with van der Waals surface area (Å²) in [5.74, 6) is -1.07. The molecule has 15 nitrogen and oxygen atoms in total. The molecule has 0 aliphatic heterocycles. The average Bonchev–Trinajstić information content (AvgIpc) is 3.86. The fourth-order valence-corrected chi connectivity index (χ4v) is 7.54. The monoisotopic (exact) mass is 874 g/mol. The van der Waals surface area contributed by atoms with E-state index >= 15 is 0 Å². The normalized spacial score (nSPS) is 11.4. The van der Waals surface area contributed by atoms with Gasteiger partial charge in [-0.1, -0.05) is 72.1 Å². The average molecular weight is 875 g/mol. The minimum absolute atomic E-state index is 0.0169. The molecule has 4 aromatic heterocycles. The van der Waals surface area contributed by atoms with Crippen LogP contribution in [-0.4, -0.2) is 55.2 Å². The molecule has 22 heteroatoms. The molecule has 4 heterocycles. The van der Waals surface area contributed by atoms with Gasteiger partial charge in [-0.15, -0.1) is 13.2 Å². The topological polar surface area (TPSA) is 183 Å². The molecule has 0 saturated carbocycles. The quantitative estimate of drug-likeness (QED) is 0.0352. The van der Waals surface area contributed by atoms with Gasteiger partial charge in [0.2, 0.25) is 0 Å². The molecule has 310 valence electrons. The molecule has 0 unspecified atom stereocenters. The Morgan fingerprint density at radius 2 is 1.08 bits per heavy atom. The third-order valence-electron chi connectivity index (χ3n) is 8.66. The van der Waals surface area contributed by atoms with Gasteiger partial charge in [0.1, 0.15) is 39.5 Å². The van der Waals surface area contributed by atoms with Crippen molar-refractivity contribution in [3.05, 3.63) is 170 Å². The molecular formula is C39H27F5N10O5S2. The van der Waals surface area contributed by atoms with Gasteiger partial charge in [-0.25, -0.2) is 38.7 Å². The van der Waals surface area contributed by atoms with Crippen LogP contribution in [0.5, 0.6) is 5.75 Å². The molecule has 0 spiro atoms. The van der Waals surface area contributed by atoms with Gasteiger partial charge < -0.3 is 13.9 Å². The smallest absolute Gasteiger partial charge is 0.406 e. The van der Waals surface area contributed by atoms with Crippen molar-refractivity contribution in [2.24, 2.45) is 0 Å². The zero-order valence-corrected chi connectivity index (χ0v) is 32.7. The van der Waals surface area contributed by atoms with Gasteiger partial charge in [0, 0.05) is 41.3 Å². The molecule has 0 saturated heterocycles. The standard InChI is InChI=1S/C20H14F3N5O3S.C19H13F2N5O2S/c21-20(22,23)31-16-7-3-14(4-8-16)10-32-19-17-18(24-11-25-19)27(12-26-17)9-13-1-5-15(6-2-13)28(29)30;20-15-3-1-2-13(16(15)21)8-25-11-24-17-18(25)22-10-23-19(17)29-9-12-4-6-14(7-5-12)26(27)28/h1-8,11-12H,9-10H2;1-7,10-11H,8-9H2. The van der Waals surface area contributed by atoms with Crippen LogP contribution in [0.4, 0.5) is 33.3 Å². The molecule has 0 N–H and O–H groups in total. The number of fused-ring (bicyclic) bond motifs is 2. The summed E-state index contributed by atoms with van der Waals surface area (Å²) >= 11 is 2.79. The molecule has 0 aliphatic rings. The molecule has 0 aliphatic carbocycles. The molecule has 8 aromatic rings. The van der Waals surface area contributed by atoms with E-state index in [2.05, 4.69) is 34.6 Å². The molecule has 0 bridgehead atoms. The fourth-order valence-electron chi connectivity index (χ4n) is 5.74. The fraction of sp³-hybridized carbons (Fsp3) is 0.128. The molecule has 0 fully saturated rings. The minimum atomic E-state index is -4.73. The highest BCUT2D eigenvalue weighted by Crippen LogP contribution is 2.30. The van der Waals surface area contributed by atoms with E-state index in [0.29, 0.717) is 50.4 Å². The number of imidazole rings is 2. The van der Waals surface area contributed by atoms with Crippen LogP contribution < -0.4 is 4.74 Å². The van der Waals surface area contributed by atoms with Crippen molar-refractivity contribution in [1.29, 1.82) is 0 Å². The van der Waals surface area contributed by atoms with E-state index in [1.165, 1.54) is 91.0 Å². The number of alkyl halides is 3. The maximum absolute atomic E-state index is 14.0. The van der Waals surface area contributed by atoms with E-state index in [0.717, 1.165) is 22.8 Å². The maximum Gasteiger partial charge on any atom is 0.573 e. The van der Waals surface area contributed by atoms with Crippen molar-refractivity contribution in [3.63, 3.8) is 0 Å². The summed E-state index contributed by atoms with van der Waals surface area (Å²) in [7, 11) is 0. The van der Waals surface area contributed by atoms with Crippen molar-refractivity contribution < 1.29 is 36.5 Å². The van der Waals surface area contributed by atoms with E-state index < -0.39 is 27.8 Å². The zero-order valence-electron chi connectivity index (χ0n) is 31.0. The number of ether oxygens (including phenoxy) is 1. The second kappa shape index (κ2) is 18.5. The van der Waals surface area contributed by atoms with Crippen LogP contribution in [0.15, 0.2) is 126 Å². The number of benzene rings is 4. The van der Waals surface area contributed by atoms with Crippen LogP contribution in [0.1, 0.15) is 22.3 Å². The van der Waals surface area contributed by atoms with Crippen molar-refractivity contribution in [2.45, 2.75) is 41.0 Å². The largest absolute Gasteiger partial charge is 0.573 e. The second-order valence-corrected chi connectivity index (χ2v) is 14.7. The van der Waals surface area contributed by atoms with Gasteiger partial charge >= 0.3 is 6.36 Å². The Kier molecular flexibility index (Phi) is 12.7. The first kappa shape index (κ1) is 42.1. The van der Waals surface area contributed by atoms with Crippen LogP contribution in [0.2, 0.25) is 0 Å². The summed E-state index contributed by atoms with van der Waals surface area (Å²) in [4.78, 5) is 46.4. The number of thioether (sulfide) groups is 2. The number of rotatable bonds is 13. The van der Waals surface area contributed by atoms with Gasteiger partial charge in [0.25, 0.3) is 11.4 Å². The lowest BCUT2D eigenvalue weighted by Crippen LogP contribution is -2.16. The van der Waals surface area contributed by atoms with Gasteiger partial charge in [0.05, 0.1) is 35.6 Å².